The Kier molecular flexibility index (Phi) is 7.47. The van der Waals surface area contributed by atoms with Crippen molar-refractivity contribution in [1.82, 2.24) is 19.5 Å². The third kappa shape index (κ3) is 5.70. The lowest BCUT2D eigenvalue weighted by Crippen LogP contribution is -2.53. The van der Waals surface area contributed by atoms with Crippen LogP contribution in [0.4, 0.5) is 10.6 Å². The maximum Gasteiger partial charge on any atom is 0.317 e. The predicted molar refractivity (Wildman–Crippen MR) is 119 cm³/mol. The van der Waals surface area contributed by atoms with Gasteiger partial charge in [-0.1, -0.05) is 29.3 Å². The van der Waals surface area contributed by atoms with Crippen LogP contribution in [0.1, 0.15) is 5.56 Å². The van der Waals surface area contributed by atoms with Crippen molar-refractivity contribution in [1.29, 1.82) is 0 Å². The van der Waals surface area contributed by atoms with Crippen molar-refractivity contribution >= 4 is 45.1 Å². The summed E-state index contributed by atoms with van der Waals surface area (Å²) in [4.78, 5) is 17.9. The van der Waals surface area contributed by atoms with Gasteiger partial charge < -0.3 is 20.6 Å². The summed E-state index contributed by atoms with van der Waals surface area (Å²) in [7, 11) is -3.84. The van der Waals surface area contributed by atoms with E-state index < -0.39 is 10.0 Å². The first-order chi connectivity index (χ1) is 14.7. The zero-order valence-corrected chi connectivity index (χ0v) is 19.1. The van der Waals surface area contributed by atoms with Crippen LogP contribution < -0.4 is 10.6 Å². The first-order valence-electron chi connectivity index (χ1n) is 9.56. The molecule has 3 N–H and O–H groups in total. The topological polar surface area (TPSA) is 115 Å². The largest absolute Gasteiger partial charge is 0.507 e. The number of urea groups is 1. The molecule has 1 fully saturated rings. The summed E-state index contributed by atoms with van der Waals surface area (Å²) in [5.74, 6) is 0.187. The Morgan fingerprint density at radius 1 is 1.16 bits per heavy atom. The fraction of sp³-hybridized carbons (Fsp3) is 0.368. The summed E-state index contributed by atoms with van der Waals surface area (Å²) in [6.45, 7) is 3.27. The number of amides is 2. The molecule has 1 aromatic heterocycles. The Bertz CT molecular complexity index is 1060. The Labute approximate surface area is 191 Å². The number of phenolic OH excluding ortho intramolecular Hbond substituents is 1. The van der Waals surface area contributed by atoms with Crippen LogP contribution in [0.2, 0.25) is 10.0 Å². The van der Waals surface area contributed by atoms with Crippen molar-refractivity contribution in [3.05, 3.63) is 46.1 Å². The van der Waals surface area contributed by atoms with E-state index in [9.17, 15) is 18.3 Å². The van der Waals surface area contributed by atoms with E-state index in [4.69, 9.17) is 23.2 Å². The number of piperazine rings is 1. The number of aryl methyl sites for hydroxylation is 1. The van der Waals surface area contributed by atoms with E-state index in [-0.39, 0.29) is 42.9 Å². The van der Waals surface area contributed by atoms with E-state index in [0.717, 1.165) is 5.56 Å². The average Bonchev–Trinajstić information content (AvgIpc) is 2.74. The van der Waals surface area contributed by atoms with E-state index >= 15 is 0 Å². The van der Waals surface area contributed by atoms with Crippen molar-refractivity contribution in [3.63, 3.8) is 0 Å². The molecule has 0 saturated carbocycles. The number of halogens is 2. The van der Waals surface area contributed by atoms with Gasteiger partial charge in [0.25, 0.3) is 0 Å². The van der Waals surface area contributed by atoms with Crippen LogP contribution in [0.15, 0.2) is 35.4 Å². The van der Waals surface area contributed by atoms with Crippen LogP contribution in [0, 0.1) is 6.92 Å². The number of pyridine rings is 1. The minimum absolute atomic E-state index is 0.119. The highest BCUT2D eigenvalue weighted by atomic mass is 35.5. The molecule has 1 aromatic carbocycles. The van der Waals surface area contributed by atoms with Crippen molar-refractivity contribution in [3.8, 4) is 5.75 Å². The predicted octanol–water partition coefficient (Wildman–Crippen LogP) is 2.53. The van der Waals surface area contributed by atoms with Gasteiger partial charge in [0.2, 0.25) is 10.0 Å². The highest BCUT2D eigenvalue weighted by Crippen LogP contribution is 2.27. The molecule has 0 radical (unpaired) electrons. The van der Waals surface area contributed by atoms with Crippen LogP contribution in [-0.4, -0.2) is 73.0 Å². The van der Waals surface area contributed by atoms with Crippen molar-refractivity contribution in [2.75, 3.05) is 44.6 Å². The zero-order valence-electron chi connectivity index (χ0n) is 16.8. The number of aromatic nitrogens is 1. The maximum absolute atomic E-state index is 12.8. The summed E-state index contributed by atoms with van der Waals surface area (Å²) in [6.07, 6.45) is 1.47. The third-order valence-corrected chi connectivity index (χ3v) is 7.18. The van der Waals surface area contributed by atoms with Crippen LogP contribution >= 0.6 is 23.2 Å². The summed E-state index contributed by atoms with van der Waals surface area (Å²) in [6, 6.07) is 5.74. The molecule has 1 aliphatic heterocycles. The highest BCUT2D eigenvalue weighted by molar-refractivity contribution is 7.89. The zero-order chi connectivity index (χ0) is 22.6. The molecule has 0 bridgehead atoms. The van der Waals surface area contributed by atoms with Crippen molar-refractivity contribution in [2.24, 2.45) is 0 Å². The molecular formula is C19H23Cl2N5O4S. The minimum Gasteiger partial charge on any atom is -0.507 e. The van der Waals surface area contributed by atoms with E-state index in [0.29, 0.717) is 29.0 Å². The normalized spacial score (nSPS) is 15.0. The molecule has 1 aliphatic rings. The highest BCUT2D eigenvalue weighted by Gasteiger charge is 2.31. The van der Waals surface area contributed by atoms with E-state index in [1.807, 2.05) is 0 Å². The molecule has 1 saturated heterocycles. The summed E-state index contributed by atoms with van der Waals surface area (Å²) in [5.41, 5.74) is 0.734. The lowest BCUT2D eigenvalue weighted by atomic mass is 10.2. The van der Waals surface area contributed by atoms with Gasteiger partial charge in [-0.05, 0) is 30.7 Å². The second-order valence-corrected chi connectivity index (χ2v) is 9.75. The molecule has 2 heterocycles. The van der Waals surface area contributed by atoms with Gasteiger partial charge in [-0.25, -0.2) is 18.2 Å². The standard InChI is InChI=1S/C19H23Cl2N5O4S/c1-13-2-3-16(27)17(10-13)31(29,30)26-8-6-25(7-9-26)19(28)23-5-4-22-18-15(21)11-14(20)12-24-18/h2-3,10-12,27H,4-9H2,1H3,(H,22,24)(H,23,28). The van der Waals surface area contributed by atoms with E-state index in [1.54, 1.807) is 24.0 Å². The molecule has 0 atom stereocenters. The number of rotatable bonds is 6. The minimum atomic E-state index is -3.84. The monoisotopic (exact) mass is 487 g/mol. The molecule has 2 aromatic rings. The van der Waals surface area contributed by atoms with Gasteiger partial charge in [-0.15, -0.1) is 0 Å². The lowest BCUT2D eigenvalue weighted by molar-refractivity contribution is 0.172. The van der Waals surface area contributed by atoms with Gasteiger partial charge in [0, 0.05) is 45.5 Å². The van der Waals surface area contributed by atoms with Gasteiger partial charge in [-0.2, -0.15) is 4.31 Å². The molecule has 12 heteroatoms. The fourth-order valence-corrected chi connectivity index (χ4v) is 5.14. The molecular weight excluding hydrogens is 465 g/mol. The number of hydrogen-bond donors (Lipinski definition) is 3. The molecule has 0 unspecified atom stereocenters. The number of carbonyl (C=O) groups is 1. The van der Waals surface area contributed by atoms with Gasteiger partial charge >= 0.3 is 6.03 Å². The van der Waals surface area contributed by atoms with E-state index in [2.05, 4.69) is 15.6 Å². The van der Waals surface area contributed by atoms with Crippen LogP contribution in [0.5, 0.6) is 5.75 Å². The molecule has 0 aliphatic carbocycles. The quantitative estimate of drug-likeness (QED) is 0.539. The molecule has 0 spiro atoms. The van der Waals surface area contributed by atoms with Gasteiger partial charge in [0.05, 0.1) is 10.0 Å². The first kappa shape index (κ1) is 23.4. The van der Waals surface area contributed by atoms with Gasteiger partial charge in [0.15, 0.2) is 0 Å². The lowest BCUT2D eigenvalue weighted by Gasteiger charge is -2.34. The smallest absolute Gasteiger partial charge is 0.317 e. The number of hydrogen-bond acceptors (Lipinski definition) is 6. The first-order valence-corrected chi connectivity index (χ1v) is 11.8. The molecule has 3 rings (SSSR count). The Hall–Kier alpha value is -2.27. The van der Waals surface area contributed by atoms with Crippen LogP contribution in [-0.2, 0) is 10.0 Å². The van der Waals surface area contributed by atoms with Crippen LogP contribution in [0.25, 0.3) is 0 Å². The number of nitrogens with zero attached hydrogens (tertiary/aromatic N) is 3. The Balaban J connectivity index is 1.47. The van der Waals surface area contributed by atoms with Crippen molar-refractivity contribution < 1.29 is 18.3 Å². The number of sulfonamides is 1. The van der Waals surface area contributed by atoms with Gasteiger partial charge in [0.1, 0.15) is 16.5 Å². The Morgan fingerprint density at radius 2 is 1.87 bits per heavy atom. The summed E-state index contributed by atoms with van der Waals surface area (Å²) >= 11 is 11.8. The molecule has 2 amide bonds. The SMILES string of the molecule is Cc1ccc(O)c(S(=O)(=O)N2CCN(C(=O)NCCNc3ncc(Cl)cc3Cl)CC2)c1. The second-order valence-electron chi connectivity index (χ2n) is 7.00. The Morgan fingerprint density at radius 3 is 2.55 bits per heavy atom. The number of phenols is 1. The van der Waals surface area contributed by atoms with E-state index in [1.165, 1.54) is 22.6 Å². The second kappa shape index (κ2) is 9.90. The van der Waals surface area contributed by atoms with Gasteiger partial charge in [-0.3, -0.25) is 0 Å². The number of aromatic hydroxyl groups is 1. The molecule has 31 heavy (non-hydrogen) atoms. The number of benzene rings is 1. The number of carbonyl (C=O) groups excluding carboxylic acids is 1. The molecule has 168 valence electrons. The summed E-state index contributed by atoms with van der Waals surface area (Å²) < 4.78 is 27.0. The van der Waals surface area contributed by atoms with Crippen LogP contribution in [0.3, 0.4) is 0 Å². The summed E-state index contributed by atoms with van der Waals surface area (Å²) in [5, 5.41) is 16.6. The van der Waals surface area contributed by atoms with Crippen molar-refractivity contribution in [2.45, 2.75) is 11.8 Å². The molecule has 9 nitrogen and oxygen atoms in total. The fourth-order valence-electron chi connectivity index (χ4n) is 3.11. The third-order valence-electron chi connectivity index (χ3n) is 4.76. The maximum atomic E-state index is 12.8. The number of nitrogens with one attached hydrogen (secondary N) is 2. The number of anilines is 1. The average molecular weight is 488 g/mol.